The number of carbonyl (C=O) groups is 2. The molecule has 1 saturated heterocycles. The Labute approximate surface area is 234 Å². The van der Waals surface area contributed by atoms with Crippen molar-refractivity contribution in [2.75, 3.05) is 18.4 Å². The summed E-state index contributed by atoms with van der Waals surface area (Å²) in [4.78, 5) is 33.9. The van der Waals surface area contributed by atoms with Crippen LogP contribution < -0.4 is 15.2 Å². The molecule has 1 fully saturated rings. The Hall–Kier alpha value is -2.41. The summed E-state index contributed by atoms with van der Waals surface area (Å²) in [5.74, 6) is -0.325. The molecule has 38 heavy (non-hydrogen) atoms. The molecule has 1 atom stereocenters. The summed E-state index contributed by atoms with van der Waals surface area (Å²) < 4.78 is 27.9. The van der Waals surface area contributed by atoms with Crippen LogP contribution >= 0.6 is 23.2 Å². The summed E-state index contributed by atoms with van der Waals surface area (Å²) in [7, 11) is -6.28. The van der Waals surface area contributed by atoms with Crippen LogP contribution in [0, 0.1) is 5.92 Å². The molecule has 0 saturated carbocycles. The summed E-state index contributed by atoms with van der Waals surface area (Å²) >= 11 is 12.3. The van der Waals surface area contributed by atoms with Crippen LogP contribution in [-0.2, 0) is 10.0 Å². The second-order valence-corrected chi connectivity index (χ2v) is 18.4. The van der Waals surface area contributed by atoms with Gasteiger partial charge in [-0.25, -0.2) is 19.5 Å². The van der Waals surface area contributed by atoms with Crippen molar-refractivity contribution in [3.8, 4) is 0 Å². The number of anilines is 1. The molecule has 1 aliphatic heterocycles. The van der Waals surface area contributed by atoms with E-state index in [2.05, 4.69) is 15.3 Å². The lowest BCUT2D eigenvalue weighted by atomic mass is 9.93. The zero-order valence-corrected chi connectivity index (χ0v) is 25.3. The lowest BCUT2D eigenvalue weighted by Gasteiger charge is -2.28. The van der Waals surface area contributed by atoms with Gasteiger partial charge in [-0.2, -0.15) is 8.42 Å². The van der Waals surface area contributed by atoms with Gasteiger partial charge in [-0.15, -0.1) is 0 Å². The van der Waals surface area contributed by atoms with Gasteiger partial charge in [0.05, 0.1) is 13.6 Å². The van der Waals surface area contributed by atoms with E-state index in [1.807, 2.05) is 38.2 Å². The first-order valence-corrected chi connectivity index (χ1v) is 17.9. The topological polar surface area (TPSA) is 142 Å². The van der Waals surface area contributed by atoms with E-state index < -0.39 is 30.1 Å². The molecule has 10 nitrogen and oxygen atoms in total. The number of aromatic nitrogens is 2. The smallest absolute Gasteiger partial charge is 0.407 e. The van der Waals surface area contributed by atoms with Gasteiger partial charge in [0, 0.05) is 18.6 Å². The molecule has 0 aromatic carbocycles. The number of nitrogens with one attached hydrogen (secondary N) is 2. The van der Waals surface area contributed by atoms with E-state index in [1.165, 1.54) is 23.1 Å². The molecule has 0 aliphatic carbocycles. The molecule has 2 aromatic rings. The number of rotatable bonds is 9. The van der Waals surface area contributed by atoms with Gasteiger partial charge in [0.1, 0.15) is 16.1 Å². The first-order chi connectivity index (χ1) is 17.5. The highest BCUT2D eigenvalue weighted by Crippen LogP contribution is 2.34. The van der Waals surface area contributed by atoms with Crippen molar-refractivity contribution < 1.29 is 23.1 Å². The lowest BCUT2D eigenvalue weighted by molar-refractivity contribution is 0.0980. The van der Waals surface area contributed by atoms with E-state index in [1.54, 1.807) is 6.07 Å². The summed E-state index contributed by atoms with van der Waals surface area (Å²) in [6.45, 7) is 10.9. The van der Waals surface area contributed by atoms with E-state index >= 15 is 0 Å². The predicted molar refractivity (Wildman–Crippen MR) is 151 cm³/mol. The third kappa shape index (κ3) is 7.16. The van der Waals surface area contributed by atoms with E-state index in [4.69, 9.17) is 23.2 Å². The standard InChI is InChI=1S/C24H33Cl2N5O5SSi/c1-24(2)13-15(14-31(24)23(33)34)8-7-11-27-18-9-6-10-19(28-18)37(35,36)30-22(32)16-12-17(38(3,4)5)21(26)29-20(16)25/h6,9-10,12,15H,7-8,11,13-14H2,1-5H3,(H,27,28)(H,30,32)(H,33,34)/t15-/m0/s1. The van der Waals surface area contributed by atoms with Crippen LogP contribution in [0.4, 0.5) is 10.6 Å². The zero-order valence-electron chi connectivity index (χ0n) is 22.0. The minimum Gasteiger partial charge on any atom is -0.465 e. The molecule has 2 amide bonds. The minimum absolute atomic E-state index is 0.0806. The van der Waals surface area contributed by atoms with Crippen LogP contribution in [-0.4, -0.2) is 67.1 Å². The molecular weight excluding hydrogens is 569 g/mol. The van der Waals surface area contributed by atoms with Crippen LogP contribution in [0.2, 0.25) is 29.9 Å². The number of halogens is 2. The van der Waals surface area contributed by atoms with Crippen molar-refractivity contribution >= 4 is 64.3 Å². The van der Waals surface area contributed by atoms with Gasteiger partial charge >= 0.3 is 6.09 Å². The molecule has 0 radical (unpaired) electrons. The Morgan fingerprint density at radius 1 is 1.18 bits per heavy atom. The SMILES string of the molecule is CC1(C)C[C@H](CCCNc2cccc(S(=O)(=O)NC(=O)c3cc([Si](C)(C)C)c(Cl)nc3Cl)n2)CN1C(=O)O. The molecule has 1 aliphatic rings. The molecule has 0 bridgehead atoms. The maximum atomic E-state index is 12.9. The van der Waals surface area contributed by atoms with Crippen molar-refractivity contribution in [3.05, 3.63) is 40.1 Å². The first kappa shape index (κ1) is 30.1. The molecule has 0 spiro atoms. The van der Waals surface area contributed by atoms with Gasteiger partial charge in [-0.05, 0) is 62.4 Å². The largest absolute Gasteiger partial charge is 0.465 e. The minimum atomic E-state index is -4.30. The second kappa shape index (κ2) is 11.4. The molecule has 0 unspecified atom stereocenters. The summed E-state index contributed by atoms with van der Waals surface area (Å²) in [6.07, 6.45) is 1.46. The summed E-state index contributed by atoms with van der Waals surface area (Å²) in [5.41, 5.74) is -0.468. The van der Waals surface area contributed by atoms with Gasteiger partial charge in [-0.3, -0.25) is 4.79 Å². The monoisotopic (exact) mass is 601 g/mol. The highest BCUT2D eigenvalue weighted by Gasteiger charge is 2.40. The van der Waals surface area contributed by atoms with Crippen LogP contribution in [0.25, 0.3) is 0 Å². The van der Waals surface area contributed by atoms with Crippen LogP contribution in [0.3, 0.4) is 0 Å². The number of likely N-dealkylation sites (tertiary alicyclic amines) is 1. The zero-order chi connectivity index (χ0) is 28.5. The highest BCUT2D eigenvalue weighted by molar-refractivity contribution is 7.90. The van der Waals surface area contributed by atoms with Crippen molar-refractivity contribution in [2.24, 2.45) is 5.92 Å². The van der Waals surface area contributed by atoms with E-state index in [9.17, 15) is 23.1 Å². The molecule has 2 aromatic heterocycles. The maximum absolute atomic E-state index is 12.9. The summed E-state index contributed by atoms with van der Waals surface area (Å²) in [5, 5.41) is 12.9. The maximum Gasteiger partial charge on any atom is 0.407 e. The van der Waals surface area contributed by atoms with Gasteiger partial charge in [0.25, 0.3) is 15.9 Å². The number of carbonyl (C=O) groups excluding carboxylic acids is 1. The Kier molecular flexibility index (Phi) is 9.01. The van der Waals surface area contributed by atoms with Crippen molar-refractivity contribution in [3.63, 3.8) is 0 Å². The second-order valence-electron chi connectivity index (χ2n) is 11.1. The number of carboxylic acid groups (broad SMARTS) is 1. The third-order valence-corrected chi connectivity index (χ3v) is 10.5. The Morgan fingerprint density at radius 3 is 2.47 bits per heavy atom. The molecule has 3 rings (SSSR count). The first-order valence-electron chi connectivity index (χ1n) is 12.2. The fourth-order valence-corrected chi connectivity index (χ4v) is 8.02. The molecular formula is C24H33Cl2N5O5SSi. The van der Waals surface area contributed by atoms with E-state index in [0.29, 0.717) is 24.1 Å². The number of amides is 2. The van der Waals surface area contributed by atoms with Crippen molar-refractivity contribution in [2.45, 2.75) is 63.3 Å². The number of nitrogens with zero attached hydrogens (tertiary/aromatic N) is 3. The normalized spacial score (nSPS) is 17.3. The Morgan fingerprint density at radius 2 is 1.87 bits per heavy atom. The molecule has 3 heterocycles. The number of sulfonamides is 1. The number of hydrogen-bond acceptors (Lipinski definition) is 7. The molecule has 14 heteroatoms. The fourth-order valence-electron chi connectivity index (χ4n) is 4.57. The average molecular weight is 603 g/mol. The van der Waals surface area contributed by atoms with Crippen LogP contribution in [0.1, 0.15) is 43.5 Å². The van der Waals surface area contributed by atoms with Gasteiger partial charge < -0.3 is 15.3 Å². The van der Waals surface area contributed by atoms with Crippen LogP contribution in [0.15, 0.2) is 29.3 Å². The van der Waals surface area contributed by atoms with Gasteiger partial charge in [-0.1, -0.05) is 48.9 Å². The molecule has 3 N–H and O–H groups in total. The van der Waals surface area contributed by atoms with Crippen molar-refractivity contribution in [1.29, 1.82) is 0 Å². The van der Waals surface area contributed by atoms with Gasteiger partial charge in [0.2, 0.25) is 0 Å². The Bertz CT molecular complexity index is 1330. The number of hydrogen-bond donors (Lipinski definition) is 3. The third-order valence-electron chi connectivity index (χ3n) is 6.49. The molecule has 208 valence electrons. The quantitative estimate of drug-likeness (QED) is 0.218. The van der Waals surface area contributed by atoms with Gasteiger partial charge in [0.15, 0.2) is 5.03 Å². The van der Waals surface area contributed by atoms with Crippen LogP contribution in [0.5, 0.6) is 0 Å². The predicted octanol–water partition coefficient (Wildman–Crippen LogP) is 4.42. The van der Waals surface area contributed by atoms with E-state index in [-0.39, 0.29) is 32.4 Å². The summed E-state index contributed by atoms with van der Waals surface area (Å²) in [6, 6.07) is 5.95. The van der Waals surface area contributed by atoms with E-state index in [0.717, 1.165) is 19.3 Å². The Balaban J connectivity index is 1.63. The fraction of sp³-hybridized carbons (Fsp3) is 0.500. The lowest BCUT2D eigenvalue weighted by Crippen LogP contribution is -2.41. The van der Waals surface area contributed by atoms with Crippen molar-refractivity contribution in [1.82, 2.24) is 19.6 Å². The highest BCUT2D eigenvalue weighted by atomic mass is 35.5. The average Bonchev–Trinajstić information content (AvgIpc) is 3.10. The number of pyridine rings is 2.